The number of halogens is 1. The van der Waals surface area contributed by atoms with Crippen molar-refractivity contribution in [1.82, 2.24) is 9.71 Å². The second-order valence-electron chi connectivity index (χ2n) is 3.70. The Bertz CT molecular complexity index is 431. The molecule has 1 heterocycles. The lowest BCUT2D eigenvalue weighted by Crippen LogP contribution is -2.24. The molecular weight excluding hydrogens is 280 g/mol. The summed E-state index contributed by atoms with van der Waals surface area (Å²) in [5, 5.41) is 0.757. The van der Waals surface area contributed by atoms with Crippen LogP contribution in [0.3, 0.4) is 0 Å². The van der Waals surface area contributed by atoms with Crippen molar-refractivity contribution >= 4 is 33.0 Å². The Kier molecular flexibility index (Phi) is 6.40. The smallest absolute Gasteiger partial charge is 0.249 e. The summed E-state index contributed by atoms with van der Waals surface area (Å²) >= 11 is 6.74. The fourth-order valence-corrected chi connectivity index (χ4v) is 3.73. The van der Waals surface area contributed by atoms with Gasteiger partial charge in [-0.15, -0.1) is 22.9 Å². The number of hydrogen-bond acceptors (Lipinski definition) is 4. The minimum atomic E-state index is -3.35. The lowest BCUT2D eigenvalue weighted by Gasteiger charge is -2.03. The molecule has 0 aromatic carbocycles. The summed E-state index contributed by atoms with van der Waals surface area (Å²) in [5.74, 6) is 0.672. The van der Waals surface area contributed by atoms with Crippen LogP contribution in [0.2, 0.25) is 0 Å². The second-order valence-corrected chi connectivity index (χ2v) is 7.31. The molecule has 1 N–H and O–H groups in total. The van der Waals surface area contributed by atoms with Gasteiger partial charge in [-0.25, -0.2) is 18.1 Å². The van der Waals surface area contributed by atoms with Crippen LogP contribution >= 0.6 is 22.9 Å². The van der Waals surface area contributed by atoms with Crippen molar-refractivity contribution in [1.29, 1.82) is 0 Å². The van der Waals surface area contributed by atoms with Crippen molar-refractivity contribution in [2.45, 2.75) is 36.8 Å². The molecule has 1 aromatic rings. The first-order valence-electron chi connectivity index (χ1n) is 5.54. The fraction of sp³-hybridized carbons (Fsp3) is 0.700. The van der Waals surface area contributed by atoms with E-state index >= 15 is 0 Å². The molecule has 0 spiro atoms. The number of aryl methyl sites for hydroxylation is 1. The van der Waals surface area contributed by atoms with Gasteiger partial charge < -0.3 is 0 Å². The summed E-state index contributed by atoms with van der Waals surface area (Å²) < 4.78 is 26.4. The van der Waals surface area contributed by atoms with Crippen LogP contribution in [0.4, 0.5) is 0 Å². The number of nitrogens with zero attached hydrogens (tertiary/aromatic N) is 1. The first-order valence-corrected chi connectivity index (χ1v) is 8.38. The van der Waals surface area contributed by atoms with Crippen LogP contribution < -0.4 is 4.72 Å². The Labute approximate surface area is 111 Å². The van der Waals surface area contributed by atoms with E-state index in [1.165, 1.54) is 17.5 Å². The molecule has 0 aliphatic carbocycles. The first kappa shape index (κ1) is 14.9. The van der Waals surface area contributed by atoms with E-state index in [2.05, 4.69) is 9.71 Å². The Hall–Kier alpha value is -0.170. The summed E-state index contributed by atoms with van der Waals surface area (Å²) in [6.07, 6.45) is 5.27. The monoisotopic (exact) mass is 296 g/mol. The number of alkyl halides is 1. The maximum absolute atomic E-state index is 11.8. The molecule has 0 fully saturated rings. The highest BCUT2D eigenvalue weighted by atomic mass is 35.5. The summed E-state index contributed by atoms with van der Waals surface area (Å²) in [4.78, 5) is 3.94. The molecule has 17 heavy (non-hydrogen) atoms. The Balaban J connectivity index is 2.31. The van der Waals surface area contributed by atoms with E-state index in [4.69, 9.17) is 11.6 Å². The number of hydrogen-bond donors (Lipinski definition) is 1. The Morgan fingerprint density at radius 2 is 2.06 bits per heavy atom. The van der Waals surface area contributed by atoms with Gasteiger partial charge in [-0.1, -0.05) is 12.8 Å². The molecule has 0 saturated heterocycles. The average molecular weight is 297 g/mol. The largest absolute Gasteiger partial charge is 0.251 e. The van der Waals surface area contributed by atoms with E-state index in [-0.39, 0.29) is 4.21 Å². The normalized spacial score (nSPS) is 11.9. The molecule has 0 unspecified atom stereocenters. The molecule has 0 aliphatic rings. The van der Waals surface area contributed by atoms with Gasteiger partial charge in [-0.3, -0.25) is 0 Å². The third-order valence-corrected chi connectivity index (χ3v) is 5.32. The highest BCUT2D eigenvalue weighted by Crippen LogP contribution is 2.17. The van der Waals surface area contributed by atoms with Gasteiger partial charge in [-0.05, 0) is 19.8 Å². The molecule has 0 aliphatic heterocycles. The minimum Gasteiger partial charge on any atom is -0.249 e. The van der Waals surface area contributed by atoms with Gasteiger partial charge >= 0.3 is 0 Å². The number of sulfonamides is 1. The minimum absolute atomic E-state index is 0.288. The van der Waals surface area contributed by atoms with Gasteiger partial charge in [-0.2, -0.15) is 0 Å². The predicted octanol–water partition coefficient (Wildman–Crippen LogP) is 2.53. The van der Waals surface area contributed by atoms with E-state index in [0.717, 1.165) is 30.7 Å². The maximum atomic E-state index is 11.8. The third-order valence-electron chi connectivity index (χ3n) is 2.22. The summed E-state index contributed by atoms with van der Waals surface area (Å²) in [6.45, 7) is 2.26. The van der Waals surface area contributed by atoms with Crippen LogP contribution in [-0.2, 0) is 10.0 Å². The van der Waals surface area contributed by atoms with Crippen molar-refractivity contribution in [3.63, 3.8) is 0 Å². The number of rotatable bonds is 8. The molecule has 0 amide bonds. The lowest BCUT2D eigenvalue weighted by molar-refractivity contribution is 0.575. The van der Waals surface area contributed by atoms with Crippen LogP contribution in [-0.4, -0.2) is 25.8 Å². The van der Waals surface area contributed by atoms with Gasteiger partial charge in [0, 0.05) is 12.4 Å². The van der Waals surface area contributed by atoms with Crippen LogP contribution in [0, 0.1) is 6.92 Å². The lowest BCUT2D eigenvalue weighted by atomic mass is 10.2. The van der Waals surface area contributed by atoms with Crippen molar-refractivity contribution in [3.8, 4) is 0 Å². The number of aromatic nitrogens is 1. The number of nitrogens with one attached hydrogen (secondary N) is 1. The van der Waals surface area contributed by atoms with Crippen molar-refractivity contribution in [2.24, 2.45) is 0 Å². The highest BCUT2D eigenvalue weighted by Gasteiger charge is 2.15. The van der Waals surface area contributed by atoms with Crippen LogP contribution in [0.5, 0.6) is 0 Å². The average Bonchev–Trinajstić information content (AvgIpc) is 2.71. The molecule has 1 aromatic heterocycles. The molecule has 98 valence electrons. The molecule has 0 bridgehead atoms. The van der Waals surface area contributed by atoms with Crippen molar-refractivity contribution < 1.29 is 8.42 Å². The van der Waals surface area contributed by atoms with E-state index in [1.54, 1.807) is 6.92 Å². The Morgan fingerprint density at radius 1 is 1.35 bits per heavy atom. The first-order chi connectivity index (χ1) is 8.06. The van der Waals surface area contributed by atoms with Crippen LogP contribution in [0.1, 0.15) is 30.7 Å². The third kappa shape index (κ3) is 5.33. The van der Waals surface area contributed by atoms with Crippen molar-refractivity contribution in [2.75, 3.05) is 12.4 Å². The van der Waals surface area contributed by atoms with Gasteiger partial charge in [0.05, 0.1) is 11.2 Å². The molecular formula is C10H17ClN2O2S2. The summed E-state index contributed by atoms with van der Waals surface area (Å²) in [7, 11) is -3.35. The van der Waals surface area contributed by atoms with Crippen LogP contribution in [0.15, 0.2) is 10.4 Å². The highest BCUT2D eigenvalue weighted by molar-refractivity contribution is 7.91. The predicted molar refractivity (Wildman–Crippen MR) is 71.2 cm³/mol. The van der Waals surface area contributed by atoms with Gasteiger partial charge in [0.2, 0.25) is 0 Å². The maximum Gasteiger partial charge on any atom is 0.251 e. The van der Waals surface area contributed by atoms with Gasteiger partial charge in [0.25, 0.3) is 10.0 Å². The number of unbranched alkanes of at least 4 members (excludes halogenated alkanes) is 3. The van der Waals surface area contributed by atoms with E-state index in [0.29, 0.717) is 12.4 Å². The fourth-order valence-electron chi connectivity index (χ4n) is 1.32. The van der Waals surface area contributed by atoms with E-state index < -0.39 is 10.0 Å². The van der Waals surface area contributed by atoms with Crippen molar-refractivity contribution in [3.05, 3.63) is 11.2 Å². The van der Waals surface area contributed by atoms with Gasteiger partial charge in [0.15, 0.2) is 4.21 Å². The SMILES string of the molecule is Cc1ncc(S(=O)(=O)NCCCCCCCl)s1. The molecule has 0 radical (unpaired) electrons. The Morgan fingerprint density at radius 3 is 2.65 bits per heavy atom. The van der Waals surface area contributed by atoms with Crippen LogP contribution in [0.25, 0.3) is 0 Å². The summed E-state index contributed by atoms with van der Waals surface area (Å²) in [5.41, 5.74) is 0. The molecule has 0 saturated carbocycles. The topological polar surface area (TPSA) is 59.1 Å². The zero-order valence-corrected chi connectivity index (χ0v) is 12.2. The van der Waals surface area contributed by atoms with E-state index in [1.807, 2.05) is 0 Å². The zero-order chi connectivity index (χ0) is 12.7. The molecule has 1 rings (SSSR count). The second kappa shape index (κ2) is 7.31. The van der Waals surface area contributed by atoms with Gasteiger partial charge in [0.1, 0.15) is 0 Å². The number of thiazole rings is 1. The molecule has 0 atom stereocenters. The molecule has 4 nitrogen and oxygen atoms in total. The quantitative estimate of drug-likeness (QED) is 0.592. The standard InChI is InChI=1S/C10H17ClN2O2S2/c1-9-12-8-10(16-9)17(14,15)13-7-5-3-2-4-6-11/h8,13H,2-7H2,1H3. The molecule has 7 heteroatoms. The van der Waals surface area contributed by atoms with E-state index in [9.17, 15) is 8.42 Å². The zero-order valence-electron chi connectivity index (χ0n) is 9.78. The summed E-state index contributed by atoms with van der Waals surface area (Å²) in [6, 6.07) is 0.